The van der Waals surface area contributed by atoms with Crippen molar-refractivity contribution in [3.05, 3.63) is 23.0 Å². The van der Waals surface area contributed by atoms with Gasteiger partial charge in [-0.25, -0.2) is 0 Å². The van der Waals surface area contributed by atoms with Crippen molar-refractivity contribution >= 4 is 5.78 Å². The Balaban J connectivity index is 1.89. The van der Waals surface area contributed by atoms with E-state index in [1.54, 1.807) is 6.08 Å². The van der Waals surface area contributed by atoms with Crippen LogP contribution in [0.15, 0.2) is 23.0 Å². The van der Waals surface area contributed by atoms with Crippen molar-refractivity contribution < 1.29 is 35.1 Å². The topological polar surface area (TPSA) is 127 Å². The smallest absolute Gasteiger partial charge is 0.197 e. The second kappa shape index (κ2) is 5.75. The van der Waals surface area contributed by atoms with Crippen LogP contribution in [0.5, 0.6) is 0 Å². The fourth-order valence-electron chi connectivity index (χ4n) is 3.30. The van der Waals surface area contributed by atoms with Crippen LogP contribution in [0.2, 0.25) is 0 Å². The first-order valence-electron chi connectivity index (χ1n) is 7.41. The highest BCUT2D eigenvalue weighted by Gasteiger charge is 2.45. The molecule has 5 N–H and O–H groups in total. The Hall–Kier alpha value is -1.25. The lowest BCUT2D eigenvalue weighted by Gasteiger charge is -2.39. The molecule has 22 heavy (non-hydrogen) atoms. The molecule has 0 saturated heterocycles. The number of aliphatic hydroxyl groups is 5. The van der Waals surface area contributed by atoms with Crippen molar-refractivity contribution in [2.24, 2.45) is 0 Å². The van der Waals surface area contributed by atoms with Crippen LogP contribution >= 0.6 is 0 Å². The summed E-state index contributed by atoms with van der Waals surface area (Å²) in [6.45, 7) is 0. The number of carbonyl (C=O) groups is 1. The van der Waals surface area contributed by atoms with Crippen molar-refractivity contribution in [1.29, 1.82) is 0 Å². The number of hydrogen-bond donors (Lipinski definition) is 5. The molecular weight excluding hydrogens is 292 g/mol. The van der Waals surface area contributed by atoms with E-state index in [9.17, 15) is 30.3 Å². The van der Waals surface area contributed by atoms with Gasteiger partial charge in [0.1, 0.15) is 5.76 Å². The van der Waals surface area contributed by atoms with E-state index >= 15 is 0 Å². The molecule has 2 aliphatic carbocycles. The van der Waals surface area contributed by atoms with E-state index < -0.39 is 42.4 Å². The lowest BCUT2D eigenvalue weighted by Crippen LogP contribution is -2.48. The zero-order valence-corrected chi connectivity index (χ0v) is 11.9. The maximum absolute atomic E-state index is 12.3. The Bertz CT molecular complexity index is 538. The third-order valence-electron chi connectivity index (χ3n) is 4.52. The molecule has 0 aromatic carbocycles. The first kappa shape index (κ1) is 15.6. The van der Waals surface area contributed by atoms with Crippen LogP contribution in [-0.4, -0.2) is 67.9 Å². The van der Waals surface area contributed by atoms with Crippen LogP contribution in [0.25, 0.3) is 0 Å². The molecule has 0 spiro atoms. The van der Waals surface area contributed by atoms with Gasteiger partial charge in [0.25, 0.3) is 0 Å². The summed E-state index contributed by atoms with van der Waals surface area (Å²) in [5.74, 6) is -0.403. The summed E-state index contributed by atoms with van der Waals surface area (Å²) >= 11 is 0. The van der Waals surface area contributed by atoms with Gasteiger partial charge in [0.2, 0.25) is 0 Å². The molecule has 1 unspecified atom stereocenters. The fraction of sp³-hybridized carbons (Fsp3) is 0.667. The summed E-state index contributed by atoms with van der Waals surface area (Å²) in [5, 5.41) is 49.1. The SMILES string of the molecule is O=C1C2=C(CC(O)C[C@@H]2O)O[C@H](C2=CC[C@@H](O)[C@@H](O)C2)[C@H]1O. The molecule has 0 aromatic rings. The van der Waals surface area contributed by atoms with Gasteiger partial charge in [0.05, 0.1) is 30.0 Å². The van der Waals surface area contributed by atoms with Crippen molar-refractivity contribution in [3.63, 3.8) is 0 Å². The Labute approximate surface area is 127 Å². The Kier molecular flexibility index (Phi) is 4.09. The lowest BCUT2D eigenvalue weighted by atomic mass is 9.81. The molecule has 0 fully saturated rings. The summed E-state index contributed by atoms with van der Waals surface area (Å²) in [4.78, 5) is 12.3. The predicted octanol–water partition coefficient (Wildman–Crippen LogP) is -1.47. The van der Waals surface area contributed by atoms with Gasteiger partial charge in [-0.05, 0) is 12.0 Å². The van der Waals surface area contributed by atoms with E-state index in [0.29, 0.717) is 5.57 Å². The van der Waals surface area contributed by atoms with Crippen molar-refractivity contribution in [1.82, 2.24) is 0 Å². The Morgan fingerprint density at radius 2 is 1.77 bits per heavy atom. The van der Waals surface area contributed by atoms with Gasteiger partial charge >= 0.3 is 0 Å². The molecule has 7 heteroatoms. The largest absolute Gasteiger partial charge is 0.487 e. The summed E-state index contributed by atoms with van der Waals surface area (Å²) in [6.07, 6.45) is -4.07. The highest BCUT2D eigenvalue weighted by Crippen LogP contribution is 2.37. The number of ketones is 1. The van der Waals surface area contributed by atoms with Crippen LogP contribution in [0.4, 0.5) is 0 Å². The highest BCUT2D eigenvalue weighted by molar-refractivity contribution is 6.01. The number of ether oxygens (including phenoxy) is 1. The first-order valence-corrected chi connectivity index (χ1v) is 7.41. The number of hydrogen-bond acceptors (Lipinski definition) is 7. The quantitative estimate of drug-likeness (QED) is 0.374. The van der Waals surface area contributed by atoms with Crippen LogP contribution in [0.3, 0.4) is 0 Å². The second-order valence-corrected chi connectivity index (χ2v) is 6.15. The maximum atomic E-state index is 12.3. The molecule has 1 heterocycles. The third kappa shape index (κ3) is 2.59. The lowest BCUT2D eigenvalue weighted by molar-refractivity contribution is -0.135. The minimum atomic E-state index is -1.46. The molecule has 0 radical (unpaired) electrons. The molecule has 3 rings (SSSR count). The molecule has 122 valence electrons. The minimum absolute atomic E-state index is 0.0334. The van der Waals surface area contributed by atoms with Crippen LogP contribution < -0.4 is 0 Å². The molecule has 3 aliphatic rings. The van der Waals surface area contributed by atoms with E-state index in [0.717, 1.165) is 0 Å². The highest BCUT2D eigenvalue weighted by atomic mass is 16.5. The van der Waals surface area contributed by atoms with Crippen molar-refractivity contribution in [3.8, 4) is 0 Å². The molecule has 0 amide bonds. The van der Waals surface area contributed by atoms with Gasteiger partial charge in [0.15, 0.2) is 18.0 Å². The molecule has 0 bridgehead atoms. The molecule has 0 saturated carbocycles. The first-order chi connectivity index (χ1) is 10.4. The molecular formula is C15H20O7. The third-order valence-corrected chi connectivity index (χ3v) is 4.52. The van der Waals surface area contributed by atoms with Gasteiger partial charge in [-0.15, -0.1) is 0 Å². The molecule has 7 nitrogen and oxygen atoms in total. The number of aliphatic hydroxyl groups excluding tert-OH is 5. The Morgan fingerprint density at radius 3 is 2.45 bits per heavy atom. The van der Waals surface area contributed by atoms with E-state index in [4.69, 9.17) is 4.74 Å². The van der Waals surface area contributed by atoms with Crippen LogP contribution in [0.1, 0.15) is 25.7 Å². The van der Waals surface area contributed by atoms with Gasteiger partial charge in [-0.3, -0.25) is 4.79 Å². The van der Waals surface area contributed by atoms with E-state index in [-0.39, 0.29) is 37.0 Å². The molecule has 0 aromatic heterocycles. The summed E-state index contributed by atoms with van der Waals surface area (Å²) in [7, 11) is 0. The monoisotopic (exact) mass is 312 g/mol. The molecule has 1 aliphatic heterocycles. The number of rotatable bonds is 1. The van der Waals surface area contributed by atoms with Crippen molar-refractivity contribution in [2.45, 2.75) is 62.3 Å². The average Bonchev–Trinajstić information content (AvgIpc) is 2.45. The Morgan fingerprint density at radius 1 is 1.05 bits per heavy atom. The number of Topliss-reactive ketones (excluding diaryl/α,β-unsaturated/α-hetero) is 1. The summed E-state index contributed by atoms with van der Waals surface area (Å²) in [6, 6.07) is 0. The number of carbonyl (C=O) groups excluding carboxylic acids is 1. The standard InChI is InChI=1S/C15H20O7/c16-7-4-10(19)12-11(5-7)22-15(14(21)13(12)20)6-1-2-8(17)9(18)3-6/h1,7-10,14-19,21H,2-5H2/t7?,8-,9+,10+,14+,15-/m1/s1. The van der Waals surface area contributed by atoms with Crippen LogP contribution in [-0.2, 0) is 9.53 Å². The minimum Gasteiger partial charge on any atom is -0.487 e. The van der Waals surface area contributed by atoms with E-state index in [2.05, 4.69) is 0 Å². The second-order valence-electron chi connectivity index (χ2n) is 6.15. The van der Waals surface area contributed by atoms with Crippen molar-refractivity contribution in [2.75, 3.05) is 0 Å². The average molecular weight is 312 g/mol. The molecule has 6 atom stereocenters. The van der Waals surface area contributed by atoms with E-state index in [1.165, 1.54) is 0 Å². The van der Waals surface area contributed by atoms with Crippen LogP contribution in [0, 0.1) is 0 Å². The van der Waals surface area contributed by atoms with Gasteiger partial charge in [-0.1, -0.05) is 6.08 Å². The zero-order valence-electron chi connectivity index (χ0n) is 11.9. The van der Waals surface area contributed by atoms with Gasteiger partial charge in [0, 0.05) is 19.3 Å². The van der Waals surface area contributed by atoms with Gasteiger partial charge in [-0.2, -0.15) is 0 Å². The van der Waals surface area contributed by atoms with Gasteiger partial charge < -0.3 is 30.3 Å². The van der Waals surface area contributed by atoms with E-state index in [1.807, 2.05) is 0 Å². The predicted molar refractivity (Wildman–Crippen MR) is 73.5 cm³/mol. The summed E-state index contributed by atoms with van der Waals surface area (Å²) in [5.41, 5.74) is 0.575. The maximum Gasteiger partial charge on any atom is 0.197 e. The normalized spacial score (nSPS) is 42.6. The fourth-order valence-corrected chi connectivity index (χ4v) is 3.30. The summed E-state index contributed by atoms with van der Waals surface area (Å²) < 4.78 is 5.66. The zero-order chi connectivity index (χ0) is 16.0.